The molecule has 0 bridgehead atoms. The van der Waals surface area contributed by atoms with Crippen molar-refractivity contribution in [2.24, 2.45) is 5.73 Å². The smallest absolute Gasteiger partial charge is 0.217 e. The summed E-state index contributed by atoms with van der Waals surface area (Å²) in [6.45, 7) is 0. The number of carbonyl (C=O) groups excluding carboxylic acids is 1. The highest BCUT2D eigenvalue weighted by Gasteiger charge is 2.09. The van der Waals surface area contributed by atoms with Crippen LogP contribution < -0.4 is 11.5 Å². The molecular formula is C21H20N2O. The topological polar surface area (TPSA) is 69.1 Å². The number of hydrogen-bond acceptors (Lipinski definition) is 2. The van der Waals surface area contributed by atoms with E-state index in [1.165, 1.54) is 0 Å². The highest BCUT2D eigenvalue weighted by molar-refractivity contribution is 5.82. The monoisotopic (exact) mass is 316 g/mol. The van der Waals surface area contributed by atoms with Gasteiger partial charge in [-0.15, -0.1) is 0 Å². The molecule has 120 valence electrons. The lowest BCUT2D eigenvalue weighted by Gasteiger charge is -2.12. The predicted octanol–water partition coefficient (Wildman–Crippen LogP) is 4.02. The average molecular weight is 316 g/mol. The minimum atomic E-state index is -0.288. The van der Waals surface area contributed by atoms with Gasteiger partial charge < -0.3 is 11.5 Å². The average Bonchev–Trinajstić information content (AvgIpc) is 2.61. The summed E-state index contributed by atoms with van der Waals surface area (Å²) >= 11 is 0. The number of rotatable bonds is 5. The molecule has 0 saturated heterocycles. The van der Waals surface area contributed by atoms with Gasteiger partial charge in [-0.25, -0.2) is 0 Å². The van der Waals surface area contributed by atoms with Crippen LogP contribution in [-0.2, 0) is 11.2 Å². The van der Waals surface area contributed by atoms with E-state index in [4.69, 9.17) is 11.5 Å². The number of primary amides is 1. The third-order valence-electron chi connectivity index (χ3n) is 4.11. The first-order chi connectivity index (χ1) is 11.6. The second kappa shape index (κ2) is 7.01. The number of nitrogen functional groups attached to an aromatic ring is 1. The maximum Gasteiger partial charge on any atom is 0.217 e. The number of carbonyl (C=O) groups is 1. The van der Waals surface area contributed by atoms with E-state index in [0.717, 1.165) is 33.5 Å². The van der Waals surface area contributed by atoms with E-state index in [0.29, 0.717) is 12.8 Å². The fourth-order valence-electron chi connectivity index (χ4n) is 2.89. The summed E-state index contributed by atoms with van der Waals surface area (Å²) in [6, 6.07) is 24.2. The van der Waals surface area contributed by atoms with E-state index in [9.17, 15) is 4.79 Å². The van der Waals surface area contributed by atoms with Crippen LogP contribution >= 0.6 is 0 Å². The Hall–Kier alpha value is -3.07. The molecule has 3 nitrogen and oxygen atoms in total. The van der Waals surface area contributed by atoms with Gasteiger partial charge in [0.25, 0.3) is 0 Å². The summed E-state index contributed by atoms with van der Waals surface area (Å²) in [4.78, 5) is 11.1. The third kappa shape index (κ3) is 3.46. The molecule has 3 heteroatoms. The summed E-state index contributed by atoms with van der Waals surface area (Å²) in [5.74, 6) is -0.288. The molecule has 0 unspecified atom stereocenters. The van der Waals surface area contributed by atoms with Crippen LogP contribution in [0, 0.1) is 0 Å². The summed E-state index contributed by atoms with van der Waals surface area (Å²) in [7, 11) is 0. The largest absolute Gasteiger partial charge is 0.398 e. The zero-order valence-electron chi connectivity index (χ0n) is 13.4. The van der Waals surface area contributed by atoms with Crippen LogP contribution in [0.2, 0.25) is 0 Å². The second-order valence-electron chi connectivity index (χ2n) is 5.79. The maximum atomic E-state index is 11.1. The lowest BCUT2D eigenvalue weighted by atomic mass is 9.94. The number of amides is 1. The van der Waals surface area contributed by atoms with Crippen molar-refractivity contribution >= 4 is 11.6 Å². The predicted molar refractivity (Wildman–Crippen MR) is 99.2 cm³/mol. The van der Waals surface area contributed by atoms with E-state index < -0.39 is 0 Å². The molecule has 0 aromatic heterocycles. The van der Waals surface area contributed by atoms with Crippen LogP contribution in [0.4, 0.5) is 5.69 Å². The number of nitrogens with two attached hydrogens (primary N) is 2. The fraction of sp³-hybridized carbons (Fsp3) is 0.0952. The highest BCUT2D eigenvalue weighted by atomic mass is 16.1. The molecule has 3 aromatic rings. The van der Waals surface area contributed by atoms with Crippen molar-refractivity contribution in [1.82, 2.24) is 0 Å². The first kappa shape index (κ1) is 15.8. The van der Waals surface area contributed by atoms with Crippen LogP contribution in [0.5, 0.6) is 0 Å². The Balaban J connectivity index is 1.97. The van der Waals surface area contributed by atoms with E-state index in [-0.39, 0.29) is 5.91 Å². The van der Waals surface area contributed by atoms with E-state index in [1.807, 2.05) is 66.7 Å². The van der Waals surface area contributed by atoms with Gasteiger partial charge in [-0.05, 0) is 34.7 Å². The summed E-state index contributed by atoms with van der Waals surface area (Å²) in [6.07, 6.45) is 0.973. The van der Waals surface area contributed by atoms with Gasteiger partial charge in [-0.1, -0.05) is 66.7 Å². The van der Waals surface area contributed by atoms with Crippen LogP contribution in [0.15, 0.2) is 72.8 Å². The molecule has 0 aliphatic carbocycles. The molecule has 0 aliphatic rings. The van der Waals surface area contributed by atoms with Crippen molar-refractivity contribution < 1.29 is 4.79 Å². The molecule has 0 spiro atoms. The molecule has 0 radical (unpaired) electrons. The molecule has 0 aliphatic heterocycles. The molecule has 4 N–H and O–H groups in total. The Morgan fingerprint density at radius 3 is 2.21 bits per heavy atom. The van der Waals surface area contributed by atoms with Gasteiger partial charge in [0.2, 0.25) is 5.91 Å². The van der Waals surface area contributed by atoms with Crippen molar-refractivity contribution in [3.63, 3.8) is 0 Å². The van der Waals surface area contributed by atoms with Crippen LogP contribution in [-0.4, -0.2) is 5.91 Å². The van der Waals surface area contributed by atoms with Gasteiger partial charge >= 0.3 is 0 Å². The third-order valence-corrected chi connectivity index (χ3v) is 4.11. The quantitative estimate of drug-likeness (QED) is 0.698. The Bertz CT molecular complexity index is 857. The van der Waals surface area contributed by atoms with Gasteiger partial charge in [0, 0.05) is 17.7 Å². The van der Waals surface area contributed by atoms with Gasteiger partial charge in [0.1, 0.15) is 0 Å². The molecule has 0 heterocycles. The summed E-state index contributed by atoms with van der Waals surface area (Å²) in [5.41, 5.74) is 17.7. The van der Waals surface area contributed by atoms with Crippen molar-refractivity contribution in [3.8, 4) is 22.3 Å². The van der Waals surface area contributed by atoms with Gasteiger partial charge in [0.15, 0.2) is 0 Å². The minimum Gasteiger partial charge on any atom is -0.398 e. The van der Waals surface area contributed by atoms with Gasteiger partial charge in [0.05, 0.1) is 0 Å². The molecule has 3 rings (SSSR count). The molecule has 0 fully saturated rings. The number of aryl methyl sites for hydroxylation is 1. The molecule has 0 saturated carbocycles. The normalized spacial score (nSPS) is 10.5. The first-order valence-corrected chi connectivity index (χ1v) is 7.96. The van der Waals surface area contributed by atoms with Crippen molar-refractivity contribution in [3.05, 3.63) is 78.4 Å². The molecule has 0 atom stereocenters. The zero-order valence-corrected chi connectivity index (χ0v) is 13.4. The Labute approximate surface area is 141 Å². The Morgan fingerprint density at radius 1 is 0.792 bits per heavy atom. The Morgan fingerprint density at radius 2 is 1.50 bits per heavy atom. The van der Waals surface area contributed by atoms with Gasteiger partial charge in [-0.3, -0.25) is 4.79 Å². The van der Waals surface area contributed by atoms with Crippen molar-refractivity contribution in [2.45, 2.75) is 12.8 Å². The molecular weight excluding hydrogens is 296 g/mol. The number of hydrogen-bond donors (Lipinski definition) is 2. The Kier molecular flexibility index (Phi) is 4.62. The molecule has 3 aromatic carbocycles. The lowest BCUT2D eigenvalue weighted by Crippen LogP contribution is -2.11. The standard InChI is InChI=1S/C21H20N2O/c22-20-14-17(10-12-19(20)15-6-2-1-3-7-15)18-9-5-4-8-16(18)11-13-21(23)24/h1-10,12,14H,11,13,22H2,(H2,23,24). The highest BCUT2D eigenvalue weighted by Crippen LogP contribution is 2.32. The fourth-order valence-corrected chi connectivity index (χ4v) is 2.89. The SMILES string of the molecule is NC(=O)CCc1ccccc1-c1ccc(-c2ccccc2)c(N)c1. The maximum absolute atomic E-state index is 11.1. The second-order valence-corrected chi connectivity index (χ2v) is 5.79. The van der Waals surface area contributed by atoms with Crippen molar-refractivity contribution in [1.29, 1.82) is 0 Å². The summed E-state index contributed by atoms with van der Waals surface area (Å²) in [5, 5.41) is 0. The van der Waals surface area contributed by atoms with Crippen LogP contribution in [0.3, 0.4) is 0 Å². The van der Waals surface area contributed by atoms with E-state index >= 15 is 0 Å². The van der Waals surface area contributed by atoms with Crippen LogP contribution in [0.1, 0.15) is 12.0 Å². The first-order valence-electron chi connectivity index (χ1n) is 7.96. The van der Waals surface area contributed by atoms with Gasteiger partial charge in [-0.2, -0.15) is 0 Å². The van der Waals surface area contributed by atoms with Crippen LogP contribution in [0.25, 0.3) is 22.3 Å². The minimum absolute atomic E-state index is 0.288. The van der Waals surface area contributed by atoms with Crippen molar-refractivity contribution in [2.75, 3.05) is 5.73 Å². The molecule has 1 amide bonds. The lowest BCUT2D eigenvalue weighted by molar-refractivity contribution is -0.117. The number of anilines is 1. The van der Waals surface area contributed by atoms with E-state index in [2.05, 4.69) is 6.07 Å². The van der Waals surface area contributed by atoms with E-state index in [1.54, 1.807) is 0 Å². The molecule has 24 heavy (non-hydrogen) atoms. The number of benzene rings is 3. The summed E-state index contributed by atoms with van der Waals surface area (Å²) < 4.78 is 0. The zero-order chi connectivity index (χ0) is 16.9.